The van der Waals surface area contributed by atoms with E-state index < -0.39 is 5.97 Å². The number of para-hydroxylation sites is 1. The largest absolute Gasteiger partial charge is 0.478 e. The number of hydrogen-bond acceptors (Lipinski definition) is 3. The van der Waals surface area contributed by atoms with Gasteiger partial charge in [-0.3, -0.25) is 0 Å². The lowest BCUT2D eigenvalue weighted by atomic mass is 10.1. The monoisotopic (exact) mass is 278 g/mol. The summed E-state index contributed by atoms with van der Waals surface area (Å²) in [5.74, 6) is -0.912. The van der Waals surface area contributed by atoms with Gasteiger partial charge in [0.15, 0.2) is 0 Å². The number of nitrogens with zero attached hydrogens (tertiary/aromatic N) is 2. The fourth-order valence-electron chi connectivity index (χ4n) is 2.85. The highest BCUT2D eigenvalue weighted by Crippen LogP contribution is 2.33. The normalized spacial score (nSPS) is 12.9. The molecule has 0 spiro atoms. The van der Waals surface area contributed by atoms with Crippen LogP contribution in [0.1, 0.15) is 32.6 Å². The maximum Gasteiger partial charge on any atom is 0.335 e. The molecule has 21 heavy (non-hydrogen) atoms. The van der Waals surface area contributed by atoms with Crippen molar-refractivity contribution in [3.8, 4) is 6.07 Å². The molecule has 0 amide bonds. The Morgan fingerprint density at radius 1 is 1.24 bits per heavy atom. The smallest absolute Gasteiger partial charge is 0.335 e. The maximum atomic E-state index is 11.1. The third-order valence-corrected chi connectivity index (χ3v) is 3.85. The van der Waals surface area contributed by atoms with Gasteiger partial charge < -0.3 is 10.0 Å². The molecule has 0 aromatic heterocycles. The van der Waals surface area contributed by atoms with Crippen LogP contribution in [-0.4, -0.2) is 11.1 Å². The van der Waals surface area contributed by atoms with Gasteiger partial charge in [0.2, 0.25) is 0 Å². The van der Waals surface area contributed by atoms with Crippen LogP contribution in [0.3, 0.4) is 0 Å². The lowest BCUT2D eigenvalue weighted by Crippen LogP contribution is -2.17. The number of hydrogen-bond donors (Lipinski definition) is 1. The topological polar surface area (TPSA) is 64.3 Å². The zero-order valence-corrected chi connectivity index (χ0v) is 11.6. The summed E-state index contributed by atoms with van der Waals surface area (Å²) in [5.41, 5.74) is 5.09. The Hall–Kier alpha value is -2.80. The number of aryl methyl sites for hydroxylation is 1. The number of fused-ring (bicyclic) bond motifs is 1. The molecule has 1 aliphatic rings. The summed E-state index contributed by atoms with van der Waals surface area (Å²) in [6.45, 7) is 3.33. The predicted octanol–water partition coefficient (Wildman–Crippen LogP) is 3.09. The first-order valence-corrected chi connectivity index (χ1v) is 6.70. The van der Waals surface area contributed by atoms with E-state index in [-0.39, 0.29) is 0 Å². The fourth-order valence-corrected chi connectivity index (χ4v) is 2.85. The first kappa shape index (κ1) is 13.2. The van der Waals surface area contributed by atoms with E-state index in [1.54, 1.807) is 12.1 Å². The number of carboxylic acid groups (broad SMARTS) is 1. The van der Waals surface area contributed by atoms with Crippen LogP contribution in [0.15, 0.2) is 36.4 Å². The molecule has 3 rings (SSSR count). The van der Waals surface area contributed by atoms with Crippen molar-refractivity contribution in [3.05, 3.63) is 64.2 Å². The van der Waals surface area contributed by atoms with Gasteiger partial charge in [0.25, 0.3) is 0 Å². The van der Waals surface area contributed by atoms with E-state index in [2.05, 4.69) is 11.0 Å². The van der Waals surface area contributed by atoms with E-state index in [0.717, 1.165) is 22.4 Å². The van der Waals surface area contributed by atoms with Crippen molar-refractivity contribution >= 4 is 11.7 Å². The van der Waals surface area contributed by atoms with Crippen LogP contribution >= 0.6 is 0 Å². The summed E-state index contributed by atoms with van der Waals surface area (Å²) < 4.78 is 0. The number of benzene rings is 2. The Labute approximate surface area is 122 Å². The Kier molecular flexibility index (Phi) is 3.11. The summed E-state index contributed by atoms with van der Waals surface area (Å²) >= 11 is 0. The number of carboxylic acids is 1. The molecule has 1 N–H and O–H groups in total. The molecule has 0 saturated carbocycles. The van der Waals surface area contributed by atoms with Crippen LogP contribution in [0.2, 0.25) is 0 Å². The van der Waals surface area contributed by atoms with Crippen LogP contribution in [0.25, 0.3) is 0 Å². The van der Waals surface area contributed by atoms with E-state index in [9.17, 15) is 10.1 Å². The van der Waals surface area contributed by atoms with Crippen molar-refractivity contribution in [2.75, 3.05) is 4.90 Å². The summed E-state index contributed by atoms with van der Waals surface area (Å²) in [6.07, 6.45) is 0. The molecule has 4 nitrogen and oxygen atoms in total. The van der Waals surface area contributed by atoms with Crippen LogP contribution in [0.4, 0.5) is 5.69 Å². The second-order valence-corrected chi connectivity index (χ2v) is 5.23. The molecule has 0 radical (unpaired) electrons. The summed E-state index contributed by atoms with van der Waals surface area (Å²) in [6, 6.07) is 13.1. The van der Waals surface area contributed by atoms with E-state index in [0.29, 0.717) is 24.2 Å². The number of nitriles is 1. The van der Waals surface area contributed by atoms with Crippen LogP contribution in [0.5, 0.6) is 0 Å². The van der Waals surface area contributed by atoms with Gasteiger partial charge >= 0.3 is 5.97 Å². The molecule has 1 aliphatic heterocycles. The Balaban J connectivity index is 1.99. The van der Waals surface area contributed by atoms with Crippen molar-refractivity contribution in [2.45, 2.75) is 20.0 Å². The average Bonchev–Trinajstić information content (AvgIpc) is 2.88. The minimum atomic E-state index is -0.912. The van der Waals surface area contributed by atoms with E-state index in [4.69, 9.17) is 5.11 Å². The third-order valence-electron chi connectivity index (χ3n) is 3.85. The quantitative estimate of drug-likeness (QED) is 0.916. The predicted molar refractivity (Wildman–Crippen MR) is 79.2 cm³/mol. The van der Waals surface area contributed by atoms with Crippen molar-refractivity contribution in [1.82, 2.24) is 0 Å². The van der Waals surface area contributed by atoms with Gasteiger partial charge in [0.05, 0.1) is 16.8 Å². The molecule has 0 aliphatic carbocycles. The zero-order chi connectivity index (χ0) is 15.0. The summed E-state index contributed by atoms with van der Waals surface area (Å²) in [7, 11) is 0. The highest BCUT2D eigenvalue weighted by molar-refractivity contribution is 5.88. The van der Waals surface area contributed by atoms with Gasteiger partial charge in [-0.05, 0) is 41.8 Å². The van der Waals surface area contributed by atoms with E-state index in [1.807, 2.05) is 31.2 Å². The maximum absolute atomic E-state index is 11.1. The van der Waals surface area contributed by atoms with Gasteiger partial charge in [-0.1, -0.05) is 18.2 Å². The molecular weight excluding hydrogens is 264 g/mol. The van der Waals surface area contributed by atoms with Crippen molar-refractivity contribution < 1.29 is 9.90 Å². The average molecular weight is 278 g/mol. The third kappa shape index (κ3) is 2.23. The molecule has 1 heterocycles. The van der Waals surface area contributed by atoms with Gasteiger partial charge in [-0.15, -0.1) is 0 Å². The minimum Gasteiger partial charge on any atom is -0.478 e. The van der Waals surface area contributed by atoms with E-state index >= 15 is 0 Å². The Bertz CT molecular complexity index is 775. The summed E-state index contributed by atoms with van der Waals surface area (Å²) in [4.78, 5) is 13.2. The Morgan fingerprint density at radius 2 is 2.00 bits per heavy atom. The standard InChI is InChI=1S/C17H14N2O2/c1-11-3-2-4-13(8-18)16(11)19-9-14-6-5-12(17(20)21)7-15(14)10-19/h2-7H,9-10H2,1H3,(H,20,21). The van der Waals surface area contributed by atoms with Crippen molar-refractivity contribution in [3.63, 3.8) is 0 Å². The van der Waals surface area contributed by atoms with Crippen LogP contribution in [0, 0.1) is 18.3 Å². The second-order valence-electron chi connectivity index (χ2n) is 5.23. The van der Waals surface area contributed by atoms with Crippen LogP contribution in [-0.2, 0) is 13.1 Å². The molecule has 0 unspecified atom stereocenters. The highest BCUT2D eigenvalue weighted by Gasteiger charge is 2.23. The lowest BCUT2D eigenvalue weighted by Gasteiger charge is -2.21. The first-order valence-electron chi connectivity index (χ1n) is 6.70. The van der Waals surface area contributed by atoms with Gasteiger partial charge in [-0.2, -0.15) is 5.26 Å². The second kappa shape index (κ2) is 4.95. The van der Waals surface area contributed by atoms with Gasteiger partial charge in [0, 0.05) is 13.1 Å². The molecule has 104 valence electrons. The van der Waals surface area contributed by atoms with Gasteiger partial charge in [-0.25, -0.2) is 4.79 Å². The molecule has 2 aromatic rings. The SMILES string of the molecule is Cc1cccc(C#N)c1N1Cc2ccc(C(=O)O)cc2C1. The number of anilines is 1. The van der Waals surface area contributed by atoms with Crippen LogP contribution < -0.4 is 4.90 Å². The molecule has 0 bridgehead atoms. The van der Waals surface area contributed by atoms with Crippen molar-refractivity contribution in [1.29, 1.82) is 5.26 Å². The highest BCUT2D eigenvalue weighted by atomic mass is 16.4. The first-order chi connectivity index (χ1) is 10.1. The number of rotatable bonds is 2. The molecule has 0 saturated heterocycles. The van der Waals surface area contributed by atoms with Gasteiger partial charge in [0.1, 0.15) is 6.07 Å². The molecular formula is C17H14N2O2. The molecule has 0 atom stereocenters. The number of carbonyl (C=O) groups is 1. The summed E-state index contributed by atoms with van der Waals surface area (Å²) in [5, 5.41) is 18.4. The number of aromatic carboxylic acids is 1. The Morgan fingerprint density at radius 3 is 2.71 bits per heavy atom. The molecule has 4 heteroatoms. The zero-order valence-electron chi connectivity index (χ0n) is 11.6. The van der Waals surface area contributed by atoms with E-state index in [1.165, 1.54) is 0 Å². The molecule has 0 fully saturated rings. The lowest BCUT2D eigenvalue weighted by molar-refractivity contribution is 0.0697. The minimum absolute atomic E-state index is 0.306. The molecule has 2 aromatic carbocycles. The van der Waals surface area contributed by atoms with Crippen molar-refractivity contribution in [2.24, 2.45) is 0 Å². The fraction of sp³-hybridized carbons (Fsp3) is 0.176.